The van der Waals surface area contributed by atoms with E-state index in [-0.39, 0.29) is 11.5 Å². The third-order valence-electron chi connectivity index (χ3n) is 3.23. The van der Waals surface area contributed by atoms with Crippen LogP contribution in [0.15, 0.2) is 66.0 Å². The van der Waals surface area contributed by atoms with Crippen LogP contribution >= 0.6 is 11.3 Å². The molecule has 2 N–H and O–H groups in total. The van der Waals surface area contributed by atoms with E-state index in [2.05, 4.69) is 10.6 Å². The molecule has 120 valence electrons. The predicted molar refractivity (Wildman–Crippen MR) is 93.1 cm³/mol. The Bertz CT molecular complexity index is 861. The van der Waals surface area contributed by atoms with Gasteiger partial charge in [-0.15, -0.1) is 11.3 Å². The van der Waals surface area contributed by atoms with E-state index in [9.17, 15) is 14.0 Å². The predicted octanol–water partition coefficient (Wildman–Crippen LogP) is 4.39. The van der Waals surface area contributed by atoms with Crippen LogP contribution in [0.3, 0.4) is 0 Å². The summed E-state index contributed by atoms with van der Waals surface area (Å²) in [6, 6.07) is 15.7. The van der Waals surface area contributed by atoms with E-state index in [1.165, 1.54) is 35.6 Å². The van der Waals surface area contributed by atoms with E-state index in [1.807, 2.05) is 11.4 Å². The second-order valence-corrected chi connectivity index (χ2v) is 5.92. The van der Waals surface area contributed by atoms with Crippen LogP contribution in [0.2, 0.25) is 0 Å². The molecular formula is C18H13FN2O2S. The fourth-order valence-electron chi connectivity index (χ4n) is 2.07. The van der Waals surface area contributed by atoms with Gasteiger partial charge in [-0.1, -0.05) is 12.1 Å². The zero-order valence-electron chi connectivity index (χ0n) is 12.5. The van der Waals surface area contributed by atoms with Crippen molar-refractivity contribution in [2.45, 2.75) is 0 Å². The van der Waals surface area contributed by atoms with E-state index >= 15 is 0 Å². The standard InChI is InChI=1S/C18H13FN2O2S/c19-13-4-1-3-12(11-13)17(22)20-14-6-8-15(9-7-14)21-18(23)16-5-2-10-24-16/h1-11H,(H,20,22)(H,21,23). The molecule has 0 saturated carbocycles. The lowest BCUT2D eigenvalue weighted by molar-refractivity contribution is 0.102. The molecule has 0 saturated heterocycles. The summed E-state index contributed by atoms with van der Waals surface area (Å²) in [7, 11) is 0. The fourth-order valence-corrected chi connectivity index (χ4v) is 2.69. The van der Waals surface area contributed by atoms with Gasteiger partial charge in [0.25, 0.3) is 11.8 Å². The van der Waals surface area contributed by atoms with Gasteiger partial charge in [-0.05, 0) is 53.9 Å². The summed E-state index contributed by atoms with van der Waals surface area (Å²) in [6.45, 7) is 0. The number of carbonyl (C=O) groups excluding carboxylic acids is 2. The second kappa shape index (κ2) is 7.06. The lowest BCUT2D eigenvalue weighted by atomic mass is 10.2. The van der Waals surface area contributed by atoms with Crippen molar-refractivity contribution in [3.8, 4) is 0 Å². The Labute approximate surface area is 142 Å². The Morgan fingerprint density at radius 1 is 0.833 bits per heavy atom. The molecule has 0 aliphatic carbocycles. The lowest BCUT2D eigenvalue weighted by Gasteiger charge is -2.07. The Morgan fingerprint density at radius 2 is 1.50 bits per heavy atom. The monoisotopic (exact) mass is 340 g/mol. The Kier molecular flexibility index (Phi) is 4.67. The Hall–Kier alpha value is -2.99. The first-order valence-corrected chi connectivity index (χ1v) is 8.01. The van der Waals surface area contributed by atoms with Gasteiger partial charge in [0.2, 0.25) is 0 Å². The van der Waals surface area contributed by atoms with Crippen LogP contribution in [0.5, 0.6) is 0 Å². The molecule has 1 aromatic heterocycles. The van der Waals surface area contributed by atoms with Gasteiger partial charge in [-0.3, -0.25) is 9.59 Å². The molecule has 6 heteroatoms. The topological polar surface area (TPSA) is 58.2 Å². The number of rotatable bonds is 4. The summed E-state index contributed by atoms with van der Waals surface area (Å²) in [6.07, 6.45) is 0. The van der Waals surface area contributed by atoms with E-state index in [0.717, 1.165) is 0 Å². The second-order valence-electron chi connectivity index (χ2n) is 4.97. The third kappa shape index (κ3) is 3.85. The smallest absolute Gasteiger partial charge is 0.265 e. The summed E-state index contributed by atoms with van der Waals surface area (Å²) in [4.78, 5) is 24.6. The summed E-state index contributed by atoms with van der Waals surface area (Å²) in [5, 5.41) is 7.28. The Morgan fingerprint density at radius 3 is 2.08 bits per heavy atom. The van der Waals surface area contributed by atoms with Crippen LogP contribution in [-0.2, 0) is 0 Å². The van der Waals surface area contributed by atoms with Gasteiger partial charge in [0.1, 0.15) is 5.82 Å². The number of amides is 2. The van der Waals surface area contributed by atoms with Crippen molar-refractivity contribution < 1.29 is 14.0 Å². The number of thiophene rings is 1. The molecule has 0 aliphatic rings. The van der Waals surface area contributed by atoms with Gasteiger partial charge in [-0.25, -0.2) is 4.39 Å². The number of nitrogens with one attached hydrogen (secondary N) is 2. The molecule has 0 atom stereocenters. The van der Waals surface area contributed by atoms with E-state index < -0.39 is 11.7 Å². The minimum Gasteiger partial charge on any atom is -0.322 e. The molecule has 3 aromatic rings. The lowest BCUT2D eigenvalue weighted by Crippen LogP contribution is -2.12. The van der Waals surface area contributed by atoms with Crippen LogP contribution in [0.4, 0.5) is 15.8 Å². The number of hydrogen-bond donors (Lipinski definition) is 2. The zero-order valence-corrected chi connectivity index (χ0v) is 13.3. The van der Waals surface area contributed by atoms with Crippen molar-refractivity contribution in [2.75, 3.05) is 10.6 Å². The Balaban J connectivity index is 1.64. The quantitative estimate of drug-likeness (QED) is 0.740. The van der Waals surface area contributed by atoms with Crippen molar-refractivity contribution in [1.29, 1.82) is 0 Å². The van der Waals surface area contributed by atoms with Gasteiger partial charge in [0.15, 0.2) is 0 Å². The summed E-state index contributed by atoms with van der Waals surface area (Å²) in [5.41, 5.74) is 1.42. The number of anilines is 2. The van der Waals surface area contributed by atoms with Gasteiger partial charge in [0.05, 0.1) is 4.88 Å². The van der Waals surface area contributed by atoms with Gasteiger partial charge >= 0.3 is 0 Å². The van der Waals surface area contributed by atoms with Crippen molar-refractivity contribution in [3.05, 3.63) is 82.3 Å². The molecule has 0 spiro atoms. The van der Waals surface area contributed by atoms with Gasteiger partial charge in [-0.2, -0.15) is 0 Å². The van der Waals surface area contributed by atoms with Gasteiger partial charge < -0.3 is 10.6 Å². The van der Waals surface area contributed by atoms with E-state index in [1.54, 1.807) is 30.3 Å². The number of benzene rings is 2. The first-order valence-electron chi connectivity index (χ1n) is 7.14. The van der Waals surface area contributed by atoms with E-state index in [0.29, 0.717) is 16.3 Å². The number of hydrogen-bond acceptors (Lipinski definition) is 3. The molecule has 0 aliphatic heterocycles. The molecule has 4 nitrogen and oxygen atoms in total. The molecule has 0 radical (unpaired) electrons. The highest BCUT2D eigenvalue weighted by molar-refractivity contribution is 7.12. The maximum Gasteiger partial charge on any atom is 0.265 e. The molecule has 2 amide bonds. The summed E-state index contributed by atoms with van der Waals surface area (Å²) in [5.74, 6) is -1.04. The van der Waals surface area contributed by atoms with Crippen LogP contribution in [-0.4, -0.2) is 11.8 Å². The molecule has 24 heavy (non-hydrogen) atoms. The van der Waals surface area contributed by atoms with Crippen molar-refractivity contribution >= 4 is 34.5 Å². The number of carbonyl (C=O) groups is 2. The molecule has 3 rings (SSSR count). The number of halogens is 1. The normalized spacial score (nSPS) is 10.2. The summed E-state index contributed by atoms with van der Waals surface area (Å²) < 4.78 is 13.1. The SMILES string of the molecule is O=C(Nc1ccc(NC(=O)c2cccs2)cc1)c1cccc(F)c1. The van der Waals surface area contributed by atoms with Crippen LogP contribution in [0, 0.1) is 5.82 Å². The third-order valence-corrected chi connectivity index (χ3v) is 4.10. The minimum absolute atomic E-state index is 0.179. The van der Waals surface area contributed by atoms with Crippen molar-refractivity contribution in [3.63, 3.8) is 0 Å². The average Bonchev–Trinajstić information content (AvgIpc) is 3.11. The van der Waals surface area contributed by atoms with Crippen molar-refractivity contribution in [1.82, 2.24) is 0 Å². The van der Waals surface area contributed by atoms with Gasteiger partial charge in [0, 0.05) is 16.9 Å². The van der Waals surface area contributed by atoms with Crippen LogP contribution in [0.25, 0.3) is 0 Å². The van der Waals surface area contributed by atoms with Crippen LogP contribution < -0.4 is 10.6 Å². The first kappa shape index (κ1) is 15.9. The minimum atomic E-state index is -0.464. The highest BCUT2D eigenvalue weighted by Gasteiger charge is 2.09. The average molecular weight is 340 g/mol. The maximum atomic E-state index is 13.1. The zero-order chi connectivity index (χ0) is 16.9. The molecule has 1 heterocycles. The molecule has 2 aromatic carbocycles. The highest BCUT2D eigenvalue weighted by Crippen LogP contribution is 2.17. The van der Waals surface area contributed by atoms with Crippen molar-refractivity contribution in [2.24, 2.45) is 0 Å². The van der Waals surface area contributed by atoms with E-state index in [4.69, 9.17) is 0 Å². The first-order chi connectivity index (χ1) is 11.6. The maximum absolute atomic E-state index is 13.1. The summed E-state index contributed by atoms with van der Waals surface area (Å²) >= 11 is 1.36. The highest BCUT2D eigenvalue weighted by atomic mass is 32.1. The largest absolute Gasteiger partial charge is 0.322 e. The van der Waals surface area contributed by atoms with Crippen LogP contribution in [0.1, 0.15) is 20.0 Å². The fraction of sp³-hybridized carbons (Fsp3) is 0. The molecular weight excluding hydrogens is 327 g/mol. The molecule has 0 unspecified atom stereocenters. The molecule has 0 bridgehead atoms. The molecule has 0 fully saturated rings.